The number of rotatable bonds is 6. The first kappa shape index (κ1) is 13.2. The third-order valence-electron chi connectivity index (χ3n) is 2.89. The van der Waals surface area contributed by atoms with Gasteiger partial charge < -0.3 is 14.2 Å². The molecule has 0 aliphatic carbocycles. The fourth-order valence-electron chi connectivity index (χ4n) is 1.36. The standard InChI is InChI=1S/C13H20O3/c1-11(13(2,14-3)15-4)16-10-12-8-6-5-7-9-12/h5-9,11H,10H2,1-4H3. The van der Waals surface area contributed by atoms with Crippen LogP contribution < -0.4 is 0 Å². The van der Waals surface area contributed by atoms with E-state index < -0.39 is 5.79 Å². The van der Waals surface area contributed by atoms with Crippen molar-refractivity contribution in [2.75, 3.05) is 14.2 Å². The zero-order valence-corrected chi connectivity index (χ0v) is 10.4. The van der Waals surface area contributed by atoms with Crippen molar-refractivity contribution in [3.05, 3.63) is 35.9 Å². The summed E-state index contributed by atoms with van der Waals surface area (Å²) >= 11 is 0. The van der Waals surface area contributed by atoms with Crippen LogP contribution >= 0.6 is 0 Å². The Hall–Kier alpha value is -0.900. The molecule has 1 aromatic rings. The number of ether oxygens (including phenoxy) is 3. The fraction of sp³-hybridized carbons (Fsp3) is 0.538. The van der Waals surface area contributed by atoms with Crippen LogP contribution in [0.4, 0.5) is 0 Å². The summed E-state index contributed by atoms with van der Waals surface area (Å²) in [4.78, 5) is 0. The lowest BCUT2D eigenvalue weighted by molar-refractivity contribution is -0.255. The number of methoxy groups -OCH3 is 2. The maximum Gasteiger partial charge on any atom is 0.190 e. The molecule has 1 rings (SSSR count). The molecule has 3 nitrogen and oxygen atoms in total. The van der Waals surface area contributed by atoms with Gasteiger partial charge in [-0.1, -0.05) is 30.3 Å². The highest BCUT2D eigenvalue weighted by Gasteiger charge is 2.31. The van der Waals surface area contributed by atoms with Crippen molar-refractivity contribution >= 4 is 0 Å². The molecule has 0 aliphatic heterocycles. The van der Waals surface area contributed by atoms with Crippen molar-refractivity contribution < 1.29 is 14.2 Å². The Morgan fingerprint density at radius 1 is 1.12 bits per heavy atom. The highest BCUT2D eigenvalue weighted by molar-refractivity contribution is 5.13. The van der Waals surface area contributed by atoms with Gasteiger partial charge in [-0.05, 0) is 19.4 Å². The van der Waals surface area contributed by atoms with Crippen molar-refractivity contribution in [1.82, 2.24) is 0 Å². The molecule has 0 radical (unpaired) electrons. The van der Waals surface area contributed by atoms with Crippen LogP contribution in [-0.4, -0.2) is 26.1 Å². The Balaban J connectivity index is 2.49. The molecule has 1 unspecified atom stereocenters. The van der Waals surface area contributed by atoms with Crippen LogP contribution in [0.15, 0.2) is 30.3 Å². The average molecular weight is 224 g/mol. The molecule has 0 saturated carbocycles. The molecule has 0 bridgehead atoms. The Kier molecular flexibility index (Phi) is 4.93. The molecule has 0 N–H and O–H groups in total. The SMILES string of the molecule is COC(C)(OC)C(C)OCc1ccccc1. The topological polar surface area (TPSA) is 27.7 Å². The smallest absolute Gasteiger partial charge is 0.190 e. The molecular formula is C13H20O3. The lowest BCUT2D eigenvalue weighted by atomic mass is 10.2. The fourth-order valence-corrected chi connectivity index (χ4v) is 1.36. The van der Waals surface area contributed by atoms with Crippen molar-refractivity contribution in [1.29, 1.82) is 0 Å². The van der Waals surface area contributed by atoms with E-state index in [2.05, 4.69) is 0 Å². The van der Waals surface area contributed by atoms with Crippen LogP contribution in [-0.2, 0) is 20.8 Å². The minimum atomic E-state index is -0.700. The third kappa shape index (κ3) is 3.30. The van der Waals surface area contributed by atoms with E-state index in [-0.39, 0.29) is 6.10 Å². The Bertz CT molecular complexity index is 293. The maximum atomic E-state index is 5.72. The van der Waals surface area contributed by atoms with Crippen LogP contribution in [0.2, 0.25) is 0 Å². The van der Waals surface area contributed by atoms with Gasteiger partial charge >= 0.3 is 0 Å². The third-order valence-corrected chi connectivity index (χ3v) is 2.89. The quantitative estimate of drug-likeness (QED) is 0.695. The lowest BCUT2D eigenvalue weighted by Gasteiger charge is -2.32. The summed E-state index contributed by atoms with van der Waals surface area (Å²) in [6.45, 7) is 4.36. The van der Waals surface area contributed by atoms with Gasteiger partial charge in [0.2, 0.25) is 0 Å². The first-order chi connectivity index (χ1) is 7.62. The lowest BCUT2D eigenvalue weighted by Crippen LogP contribution is -2.42. The van der Waals surface area contributed by atoms with Crippen LogP contribution in [0.5, 0.6) is 0 Å². The summed E-state index contributed by atoms with van der Waals surface area (Å²) in [7, 11) is 3.23. The summed E-state index contributed by atoms with van der Waals surface area (Å²) in [6, 6.07) is 10.0. The van der Waals surface area contributed by atoms with E-state index in [9.17, 15) is 0 Å². The first-order valence-corrected chi connectivity index (χ1v) is 5.38. The van der Waals surface area contributed by atoms with Gasteiger partial charge in [-0.15, -0.1) is 0 Å². The molecule has 0 fully saturated rings. The minimum Gasteiger partial charge on any atom is -0.368 e. The summed E-state index contributed by atoms with van der Waals surface area (Å²) in [5.74, 6) is -0.700. The highest BCUT2D eigenvalue weighted by Crippen LogP contribution is 2.19. The Labute approximate surface area is 97.3 Å². The molecular weight excluding hydrogens is 204 g/mol. The molecule has 16 heavy (non-hydrogen) atoms. The molecule has 0 saturated heterocycles. The molecule has 3 heteroatoms. The van der Waals surface area contributed by atoms with Crippen LogP contribution in [0.25, 0.3) is 0 Å². The van der Waals surface area contributed by atoms with E-state index in [1.54, 1.807) is 14.2 Å². The Morgan fingerprint density at radius 3 is 2.19 bits per heavy atom. The largest absolute Gasteiger partial charge is 0.368 e. The summed E-state index contributed by atoms with van der Waals surface area (Å²) in [5, 5.41) is 0. The van der Waals surface area contributed by atoms with Crippen LogP contribution in [0.1, 0.15) is 19.4 Å². The normalized spacial score (nSPS) is 13.8. The summed E-state index contributed by atoms with van der Waals surface area (Å²) in [6.07, 6.45) is -0.136. The van der Waals surface area contributed by atoms with E-state index in [0.29, 0.717) is 6.61 Å². The average Bonchev–Trinajstić information content (AvgIpc) is 2.36. The van der Waals surface area contributed by atoms with E-state index in [4.69, 9.17) is 14.2 Å². The van der Waals surface area contributed by atoms with Gasteiger partial charge in [0, 0.05) is 14.2 Å². The molecule has 1 aromatic carbocycles. The first-order valence-electron chi connectivity index (χ1n) is 5.38. The second-order valence-electron chi connectivity index (χ2n) is 3.86. The van der Waals surface area contributed by atoms with E-state index in [1.165, 1.54) is 0 Å². The van der Waals surface area contributed by atoms with Gasteiger partial charge in [0.15, 0.2) is 5.79 Å². The number of benzene rings is 1. The maximum absolute atomic E-state index is 5.72. The molecule has 1 atom stereocenters. The minimum absolute atomic E-state index is 0.136. The highest BCUT2D eigenvalue weighted by atomic mass is 16.7. The second kappa shape index (κ2) is 5.99. The molecule has 0 aromatic heterocycles. The molecule has 90 valence electrons. The van der Waals surface area contributed by atoms with Gasteiger partial charge in [-0.2, -0.15) is 0 Å². The predicted molar refractivity (Wildman–Crippen MR) is 63.1 cm³/mol. The molecule has 0 spiro atoms. The van der Waals surface area contributed by atoms with Crippen LogP contribution in [0, 0.1) is 0 Å². The Morgan fingerprint density at radius 2 is 1.69 bits per heavy atom. The molecule has 0 aliphatic rings. The zero-order valence-electron chi connectivity index (χ0n) is 10.4. The number of hydrogen-bond donors (Lipinski definition) is 0. The van der Waals surface area contributed by atoms with Gasteiger partial charge in [-0.25, -0.2) is 0 Å². The van der Waals surface area contributed by atoms with Gasteiger partial charge in [0.25, 0.3) is 0 Å². The van der Waals surface area contributed by atoms with E-state index in [0.717, 1.165) is 5.56 Å². The van der Waals surface area contributed by atoms with Gasteiger partial charge in [0.1, 0.15) is 6.10 Å². The number of hydrogen-bond acceptors (Lipinski definition) is 3. The second-order valence-corrected chi connectivity index (χ2v) is 3.86. The van der Waals surface area contributed by atoms with Crippen molar-refractivity contribution in [3.63, 3.8) is 0 Å². The van der Waals surface area contributed by atoms with Crippen molar-refractivity contribution in [2.45, 2.75) is 32.3 Å². The van der Waals surface area contributed by atoms with Crippen molar-refractivity contribution in [2.24, 2.45) is 0 Å². The summed E-state index contributed by atoms with van der Waals surface area (Å²) < 4.78 is 16.3. The molecule has 0 amide bonds. The van der Waals surface area contributed by atoms with Gasteiger partial charge in [0.05, 0.1) is 6.61 Å². The zero-order chi connectivity index (χ0) is 12.0. The van der Waals surface area contributed by atoms with Crippen molar-refractivity contribution in [3.8, 4) is 0 Å². The molecule has 0 heterocycles. The summed E-state index contributed by atoms with van der Waals surface area (Å²) in [5.41, 5.74) is 1.14. The van der Waals surface area contributed by atoms with Crippen LogP contribution in [0.3, 0.4) is 0 Å². The van der Waals surface area contributed by atoms with E-state index >= 15 is 0 Å². The monoisotopic (exact) mass is 224 g/mol. The predicted octanol–water partition coefficient (Wildman–Crippen LogP) is 2.60. The van der Waals surface area contributed by atoms with Gasteiger partial charge in [-0.3, -0.25) is 0 Å². The van der Waals surface area contributed by atoms with E-state index in [1.807, 2.05) is 44.2 Å².